The summed E-state index contributed by atoms with van der Waals surface area (Å²) in [6, 6.07) is 8.03. The van der Waals surface area contributed by atoms with Crippen LogP contribution < -0.4 is 5.73 Å². The topological polar surface area (TPSA) is 55.6 Å². The van der Waals surface area contributed by atoms with Gasteiger partial charge in [0.25, 0.3) is 0 Å². The second kappa shape index (κ2) is 10.7. The molecule has 1 fully saturated rings. The number of rotatable bonds is 13. The fourth-order valence-electron chi connectivity index (χ4n) is 3.48. The highest BCUT2D eigenvalue weighted by molar-refractivity contribution is 5.82. The first-order valence-electron chi connectivity index (χ1n) is 9.98. The number of alkyl halides is 3. The van der Waals surface area contributed by atoms with E-state index in [-0.39, 0.29) is 12.5 Å². The van der Waals surface area contributed by atoms with Gasteiger partial charge in [-0.2, -0.15) is 13.2 Å². The lowest BCUT2D eigenvalue weighted by Crippen LogP contribution is -2.18. The van der Waals surface area contributed by atoms with E-state index >= 15 is 0 Å². The van der Waals surface area contributed by atoms with E-state index in [2.05, 4.69) is 6.07 Å². The van der Waals surface area contributed by atoms with Gasteiger partial charge in [0.2, 0.25) is 5.91 Å². The third-order valence-electron chi connectivity index (χ3n) is 5.04. The van der Waals surface area contributed by atoms with Gasteiger partial charge >= 0.3 is 6.18 Å². The first-order chi connectivity index (χ1) is 12.9. The normalized spacial score (nSPS) is 19.2. The number of hydrogen-bond donors (Lipinski definition) is 1. The highest BCUT2D eigenvalue weighted by Crippen LogP contribution is 2.40. The molecule has 0 aromatic heterocycles. The lowest BCUT2D eigenvalue weighted by atomic mass is 9.97. The second-order valence-corrected chi connectivity index (χ2v) is 7.38. The molecule has 1 aliphatic heterocycles. The van der Waals surface area contributed by atoms with E-state index in [9.17, 15) is 18.0 Å². The molecule has 152 valence electrons. The molecular formula is C21H30F3NO2. The second-order valence-electron chi connectivity index (χ2n) is 7.38. The van der Waals surface area contributed by atoms with Crippen molar-refractivity contribution in [1.29, 1.82) is 0 Å². The van der Waals surface area contributed by atoms with Crippen molar-refractivity contribution in [2.45, 2.75) is 89.0 Å². The first-order valence-corrected chi connectivity index (χ1v) is 9.98. The Morgan fingerprint density at radius 2 is 1.48 bits per heavy atom. The van der Waals surface area contributed by atoms with E-state index in [0.717, 1.165) is 56.9 Å². The zero-order valence-electron chi connectivity index (χ0n) is 15.8. The summed E-state index contributed by atoms with van der Waals surface area (Å²) >= 11 is 0. The van der Waals surface area contributed by atoms with Crippen molar-refractivity contribution in [3.05, 3.63) is 35.4 Å². The number of carbonyl (C=O) groups is 1. The average Bonchev–Trinajstić information content (AvgIpc) is 3.40. The van der Waals surface area contributed by atoms with Crippen molar-refractivity contribution in [2.24, 2.45) is 5.73 Å². The SMILES string of the molecule is NC(=O)C1OC1c1ccccc1CCCCCCCCCCCC(F)(F)F. The van der Waals surface area contributed by atoms with E-state index < -0.39 is 24.6 Å². The number of unbranched alkanes of at least 4 members (excludes halogenated alkanes) is 8. The number of hydrogen-bond acceptors (Lipinski definition) is 2. The lowest BCUT2D eigenvalue weighted by Gasteiger charge is -2.08. The van der Waals surface area contributed by atoms with Gasteiger partial charge in [-0.1, -0.05) is 69.2 Å². The van der Waals surface area contributed by atoms with Crippen LogP contribution in [0.4, 0.5) is 13.2 Å². The van der Waals surface area contributed by atoms with Crippen LogP contribution in [0.25, 0.3) is 0 Å². The Kier molecular flexibility index (Phi) is 8.61. The Morgan fingerprint density at radius 3 is 2.04 bits per heavy atom. The summed E-state index contributed by atoms with van der Waals surface area (Å²) in [6.45, 7) is 0. The van der Waals surface area contributed by atoms with Crippen molar-refractivity contribution >= 4 is 5.91 Å². The third-order valence-corrected chi connectivity index (χ3v) is 5.04. The summed E-state index contributed by atoms with van der Waals surface area (Å²) in [5.41, 5.74) is 7.58. The smallest absolute Gasteiger partial charge is 0.367 e. The molecule has 1 amide bonds. The molecule has 1 heterocycles. The van der Waals surface area contributed by atoms with Crippen LogP contribution in [0.1, 0.15) is 81.4 Å². The molecule has 2 N–H and O–H groups in total. The predicted molar refractivity (Wildman–Crippen MR) is 99.2 cm³/mol. The van der Waals surface area contributed by atoms with Crippen LogP contribution >= 0.6 is 0 Å². The highest BCUT2D eigenvalue weighted by Gasteiger charge is 2.45. The Hall–Kier alpha value is -1.56. The summed E-state index contributed by atoms with van der Waals surface area (Å²) in [7, 11) is 0. The largest absolute Gasteiger partial charge is 0.389 e. The maximum Gasteiger partial charge on any atom is 0.389 e. The Bertz CT molecular complexity index is 589. The third kappa shape index (κ3) is 8.33. The minimum Gasteiger partial charge on any atom is -0.367 e. The molecule has 1 aromatic carbocycles. The molecule has 0 radical (unpaired) electrons. The maximum absolute atomic E-state index is 12.0. The zero-order valence-corrected chi connectivity index (χ0v) is 15.8. The Balaban J connectivity index is 1.51. The van der Waals surface area contributed by atoms with Crippen LogP contribution in [-0.4, -0.2) is 18.2 Å². The van der Waals surface area contributed by atoms with Crippen LogP contribution in [0.3, 0.4) is 0 Å². The number of primary amides is 1. The molecule has 6 heteroatoms. The van der Waals surface area contributed by atoms with Gasteiger partial charge in [-0.3, -0.25) is 4.79 Å². The molecule has 0 saturated carbocycles. The van der Waals surface area contributed by atoms with Crippen molar-refractivity contribution in [3.8, 4) is 0 Å². The molecule has 1 aromatic rings. The lowest BCUT2D eigenvalue weighted by molar-refractivity contribution is -0.135. The van der Waals surface area contributed by atoms with Gasteiger partial charge in [-0.05, 0) is 30.4 Å². The van der Waals surface area contributed by atoms with Crippen LogP contribution in [0.5, 0.6) is 0 Å². The predicted octanol–water partition coefficient (Wildman–Crippen LogP) is 5.62. The van der Waals surface area contributed by atoms with Gasteiger partial charge < -0.3 is 10.5 Å². The van der Waals surface area contributed by atoms with Crippen molar-refractivity contribution in [3.63, 3.8) is 0 Å². The summed E-state index contributed by atoms with van der Waals surface area (Å²) in [4.78, 5) is 11.2. The quantitative estimate of drug-likeness (QED) is 0.354. The van der Waals surface area contributed by atoms with E-state index in [4.69, 9.17) is 10.5 Å². The fourth-order valence-corrected chi connectivity index (χ4v) is 3.48. The number of carbonyl (C=O) groups excluding carboxylic acids is 1. The molecule has 3 nitrogen and oxygen atoms in total. The van der Waals surface area contributed by atoms with E-state index in [1.54, 1.807) is 0 Å². The number of aryl methyl sites for hydroxylation is 1. The van der Waals surface area contributed by atoms with Gasteiger partial charge in [-0.15, -0.1) is 0 Å². The van der Waals surface area contributed by atoms with Crippen LogP contribution in [0.15, 0.2) is 24.3 Å². The number of halogens is 3. The van der Waals surface area contributed by atoms with Gasteiger partial charge in [0, 0.05) is 6.42 Å². The monoisotopic (exact) mass is 385 g/mol. The average molecular weight is 385 g/mol. The number of epoxide rings is 1. The molecule has 0 spiro atoms. The molecular weight excluding hydrogens is 355 g/mol. The minimum atomic E-state index is -4.01. The summed E-state index contributed by atoms with van der Waals surface area (Å²) in [5, 5.41) is 0. The maximum atomic E-state index is 12.0. The first kappa shape index (κ1) is 21.7. The highest BCUT2D eigenvalue weighted by atomic mass is 19.4. The van der Waals surface area contributed by atoms with Crippen molar-refractivity contribution < 1.29 is 22.7 Å². The molecule has 0 aliphatic carbocycles. The van der Waals surface area contributed by atoms with Gasteiger partial charge in [0.15, 0.2) is 6.10 Å². The number of nitrogens with two attached hydrogens (primary N) is 1. The molecule has 2 unspecified atom stereocenters. The van der Waals surface area contributed by atoms with Crippen molar-refractivity contribution in [1.82, 2.24) is 0 Å². The molecule has 27 heavy (non-hydrogen) atoms. The molecule has 2 atom stereocenters. The van der Waals surface area contributed by atoms with Crippen LogP contribution in [-0.2, 0) is 16.0 Å². The Labute approximate surface area is 159 Å². The van der Waals surface area contributed by atoms with E-state index in [1.807, 2.05) is 18.2 Å². The summed E-state index contributed by atoms with van der Waals surface area (Å²) < 4.78 is 41.5. The summed E-state index contributed by atoms with van der Waals surface area (Å²) in [6.07, 6.45) is 4.06. The van der Waals surface area contributed by atoms with Gasteiger partial charge in [0.1, 0.15) is 6.10 Å². The van der Waals surface area contributed by atoms with Crippen LogP contribution in [0.2, 0.25) is 0 Å². The minimum absolute atomic E-state index is 0.184. The standard InChI is InChI=1S/C21H30F3NO2/c22-21(23,24)15-11-7-5-3-1-2-4-6-8-12-16-13-9-10-14-17(16)18-19(27-18)20(25)26/h9-10,13-14,18-19H,1-8,11-12,15H2,(H2,25,26). The van der Waals surface area contributed by atoms with E-state index in [1.165, 1.54) is 5.56 Å². The summed E-state index contributed by atoms with van der Waals surface area (Å²) in [5.74, 6) is -0.409. The van der Waals surface area contributed by atoms with Gasteiger partial charge in [-0.25, -0.2) is 0 Å². The number of amides is 1. The zero-order chi connectivity index (χ0) is 19.7. The molecule has 0 bridgehead atoms. The van der Waals surface area contributed by atoms with Crippen LogP contribution in [0, 0.1) is 0 Å². The molecule has 1 saturated heterocycles. The number of benzene rings is 1. The number of ether oxygens (including phenoxy) is 1. The Morgan fingerprint density at radius 1 is 0.926 bits per heavy atom. The molecule has 1 aliphatic rings. The van der Waals surface area contributed by atoms with Gasteiger partial charge in [0.05, 0.1) is 0 Å². The molecule has 2 rings (SSSR count). The fraction of sp³-hybridized carbons (Fsp3) is 0.667. The van der Waals surface area contributed by atoms with E-state index in [0.29, 0.717) is 6.42 Å². The van der Waals surface area contributed by atoms with Crippen molar-refractivity contribution in [2.75, 3.05) is 0 Å².